The first kappa shape index (κ1) is 22.1. The second kappa shape index (κ2) is 9.81. The van der Waals surface area contributed by atoms with Gasteiger partial charge in [-0.15, -0.1) is 0 Å². The molecule has 0 saturated carbocycles. The van der Waals surface area contributed by atoms with E-state index in [2.05, 4.69) is 16.1 Å². The van der Waals surface area contributed by atoms with Gasteiger partial charge >= 0.3 is 0 Å². The Bertz CT molecular complexity index is 971. The molecule has 0 aliphatic rings. The van der Waals surface area contributed by atoms with Crippen molar-refractivity contribution in [1.29, 1.82) is 0 Å². The number of benzene rings is 1. The molecule has 0 saturated heterocycles. The van der Waals surface area contributed by atoms with Gasteiger partial charge in [0.2, 0.25) is 0 Å². The lowest BCUT2D eigenvalue weighted by atomic mass is 10.0. The van der Waals surface area contributed by atoms with Crippen molar-refractivity contribution >= 4 is 17.7 Å². The molecule has 8 heteroatoms. The topological polar surface area (TPSA) is 119 Å². The Balaban J connectivity index is 0.00000145. The lowest BCUT2D eigenvalue weighted by Crippen LogP contribution is -2.50. The van der Waals surface area contributed by atoms with Crippen molar-refractivity contribution in [2.24, 2.45) is 5.73 Å². The van der Waals surface area contributed by atoms with Crippen molar-refractivity contribution in [3.63, 3.8) is 0 Å². The predicted octanol–water partition coefficient (Wildman–Crippen LogP) is 1.48. The first-order valence-corrected chi connectivity index (χ1v) is 9.09. The fraction of sp³-hybridized carbons (Fsp3) is 0.286. The maximum Gasteiger partial charge on any atom is 0.256 e. The second-order valence-corrected chi connectivity index (χ2v) is 6.57. The molecule has 0 radical (unpaired) electrons. The fourth-order valence-corrected chi connectivity index (χ4v) is 2.68. The van der Waals surface area contributed by atoms with Gasteiger partial charge in [-0.05, 0) is 32.5 Å². The maximum absolute atomic E-state index is 12.7. The molecule has 0 aliphatic carbocycles. The molecule has 4 N–H and O–H groups in total. The number of pyridine rings is 1. The molecular weight excluding hydrogens is 372 g/mol. The monoisotopic (exact) mass is 398 g/mol. The van der Waals surface area contributed by atoms with Crippen LogP contribution in [0.25, 0.3) is 5.52 Å². The van der Waals surface area contributed by atoms with Crippen molar-refractivity contribution in [2.45, 2.75) is 26.0 Å². The third-order valence-electron chi connectivity index (χ3n) is 4.24. The quantitative estimate of drug-likeness (QED) is 0.519. The molecule has 0 bridgehead atoms. The van der Waals surface area contributed by atoms with Gasteiger partial charge in [-0.25, -0.2) is 4.52 Å². The van der Waals surface area contributed by atoms with Crippen LogP contribution in [0.3, 0.4) is 0 Å². The summed E-state index contributed by atoms with van der Waals surface area (Å²) in [4.78, 5) is 23.9. The van der Waals surface area contributed by atoms with E-state index in [4.69, 9.17) is 4.74 Å². The minimum Gasteiger partial charge on any atom is -0.489 e. The van der Waals surface area contributed by atoms with Crippen LogP contribution in [0.4, 0.5) is 0 Å². The van der Waals surface area contributed by atoms with E-state index >= 15 is 0 Å². The van der Waals surface area contributed by atoms with Crippen LogP contribution in [-0.2, 0) is 11.4 Å². The first-order valence-electron chi connectivity index (χ1n) is 9.09. The highest BCUT2D eigenvalue weighted by Gasteiger charge is 2.28. The van der Waals surface area contributed by atoms with Gasteiger partial charge in [-0.1, -0.05) is 30.3 Å². The molecule has 2 aromatic heterocycles. The van der Waals surface area contributed by atoms with Crippen LogP contribution in [-0.4, -0.2) is 46.1 Å². The number of aliphatic hydroxyl groups is 1. The van der Waals surface area contributed by atoms with Crippen molar-refractivity contribution in [1.82, 2.24) is 14.9 Å². The SMILES string of the molecule is CN.Cc1nn2ccc(OCc3ccccc3)cc2c1C(=O)NC(C)(C=O)CO. The average Bonchev–Trinajstić information content (AvgIpc) is 3.09. The molecular formula is C21H26N4O4. The number of nitrogens with one attached hydrogen (secondary N) is 1. The summed E-state index contributed by atoms with van der Waals surface area (Å²) in [6, 6.07) is 13.3. The number of fused-ring (bicyclic) bond motifs is 1. The zero-order valence-electron chi connectivity index (χ0n) is 16.8. The van der Waals surface area contributed by atoms with Crippen LogP contribution < -0.4 is 15.8 Å². The van der Waals surface area contributed by atoms with Crippen LogP contribution in [0.1, 0.15) is 28.5 Å². The van der Waals surface area contributed by atoms with Crippen molar-refractivity contribution in [3.05, 3.63) is 65.5 Å². The van der Waals surface area contributed by atoms with Crippen LogP contribution >= 0.6 is 0 Å². The summed E-state index contributed by atoms with van der Waals surface area (Å²) in [6.45, 7) is 3.07. The predicted molar refractivity (Wildman–Crippen MR) is 110 cm³/mol. The normalized spacial score (nSPS) is 12.4. The highest BCUT2D eigenvalue weighted by Crippen LogP contribution is 2.22. The van der Waals surface area contributed by atoms with Crippen LogP contribution in [0.5, 0.6) is 5.75 Å². The zero-order chi connectivity index (χ0) is 21.4. The highest BCUT2D eigenvalue weighted by molar-refractivity contribution is 6.03. The molecule has 8 nitrogen and oxygen atoms in total. The number of carbonyl (C=O) groups is 2. The van der Waals surface area contributed by atoms with E-state index in [0.29, 0.717) is 35.4 Å². The molecule has 2 heterocycles. The summed E-state index contributed by atoms with van der Waals surface area (Å²) in [6.07, 6.45) is 2.23. The molecule has 0 fully saturated rings. The lowest BCUT2D eigenvalue weighted by Gasteiger charge is -2.21. The van der Waals surface area contributed by atoms with Gasteiger partial charge in [0.25, 0.3) is 5.91 Å². The summed E-state index contributed by atoms with van der Waals surface area (Å²) < 4.78 is 7.40. The van der Waals surface area contributed by atoms with Crippen LogP contribution in [0.15, 0.2) is 48.7 Å². The Morgan fingerprint density at radius 3 is 2.62 bits per heavy atom. The molecule has 1 aromatic carbocycles. The minimum atomic E-state index is -1.35. The molecule has 1 atom stereocenters. The number of aldehydes is 1. The standard InChI is InChI=1S/C20H21N3O4.CH5N/c1-14-18(19(26)21-20(2,12-24)13-25)17-10-16(8-9-23(17)22-14)27-11-15-6-4-3-5-7-15;1-2/h3-10,12,25H,11,13H2,1-2H3,(H,21,26);2H2,1H3. The number of aliphatic hydroxyl groups excluding tert-OH is 1. The van der Waals surface area contributed by atoms with Gasteiger partial charge in [0.05, 0.1) is 23.4 Å². The number of ether oxygens (including phenoxy) is 1. The molecule has 0 aliphatic heterocycles. The molecule has 1 unspecified atom stereocenters. The van der Waals surface area contributed by atoms with E-state index in [1.807, 2.05) is 30.3 Å². The van der Waals surface area contributed by atoms with Crippen LogP contribution in [0.2, 0.25) is 0 Å². The summed E-state index contributed by atoms with van der Waals surface area (Å²) in [5.41, 5.74) is 5.59. The first-order chi connectivity index (χ1) is 14.0. The van der Waals surface area contributed by atoms with Crippen molar-refractivity contribution in [3.8, 4) is 5.75 Å². The molecule has 154 valence electrons. The number of aromatic nitrogens is 2. The maximum atomic E-state index is 12.7. The zero-order valence-corrected chi connectivity index (χ0v) is 16.8. The summed E-state index contributed by atoms with van der Waals surface area (Å²) in [5.74, 6) is 0.118. The molecule has 3 rings (SSSR count). The number of amides is 1. The number of hydrogen-bond donors (Lipinski definition) is 3. The molecule has 3 aromatic rings. The fourth-order valence-electron chi connectivity index (χ4n) is 2.68. The number of nitrogens with two attached hydrogens (primary N) is 1. The lowest BCUT2D eigenvalue weighted by molar-refractivity contribution is -0.113. The van der Waals surface area contributed by atoms with Gasteiger partial charge in [0.1, 0.15) is 24.2 Å². The smallest absolute Gasteiger partial charge is 0.256 e. The molecule has 29 heavy (non-hydrogen) atoms. The minimum absolute atomic E-state index is 0.335. The summed E-state index contributed by atoms with van der Waals surface area (Å²) in [7, 11) is 1.50. The Hall–Kier alpha value is -3.23. The third kappa shape index (κ3) is 5.18. The Kier molecular flexibility index (Phi) is 7.46. The second-order valence-electron chi connectivity index (χ2n) is 6.57. The van der Waals surface area contributed by atoms with E-state index in [1.165, 1.54) is 14.0 Å². The van der Waals surface area contributed by atoms with Gasteiger partial charge in [0.15, 0.2) is 0 Å². The Morgan fingerprint density at radius 2 is 2.00 bits per heavy atom. The third-order valence-corrected chi connectivity index (χ3v) is 4.24. The van der Waals surface area contributed by atoms with Crippen LogP contribution in [0, 0.1) is 6.92 Å². The summed E-state index contributed by atoms with van der Waals surface area (Å²) >= 11 is 0. The number of aryl methyl sites for hydroxylation is 1. The van der Waals surface area contributed by atoms with E-state index in [-0.39, 0.29) is 0 Å². The van der Waals surface area contributed by atoms with E-state index < -0.39 is 18.1 Å². The summed E-state index contributed by atoms with van der Waals surface area (Å²) in [5, 5.41) is 16.2. The van der Waals surface area contributed by atoms with Gasteiger partial charge in [-0.2, -0.15) is 5.10 Å². The average molecular weight is 398 g/mol. The van der Waals surface area contributed by atoms with Gasteiger partial charge < -0.3 is 25.7 Å². The van der Waals surface area contributed by atoms with E-state index in [9.17, 15) is 14.7 Å². The molecule has 0 spiro atoms. The highest BCUT2D eigenvalue weighted by atomic mass is 16.5. The Labute approximate surface area is 169 Å². The van der Waals surface area contributed by atoms with E-state index in [0.717, 1.165) is 5.56 Å². The van der Waals surface area contributed by atoms with E-state index in [1.54, 1.807) is 29.8 Å². The largest absolute Gasteiger partial charge is 0.489 e. The molecule has 1 amide bonds. The number of hydrogen-bond acceptors (Lipinski definition) is 6. The van der Waals surface area contributed by atoms with Gasteiger partial charge in [0, 0.05) is 12.3 Å². The number of carbonyl (C=O) groups excluding carboxylic acids is 2. The Morgan fingerprint density at radius 1 is 1.31 bits per heavy atom. The van der Waals surface area contributed by atoms with Gasteiger partial charge in [-0.3, -0.25) is 4.79 Å². The number of rotatable bonds is 7. The van der Waals surface area contributed by atoms with Crippen molar-refractivity contribution in [2.75, 3.05) is 13.7 Å². The number of nitrogens with zero attached hydrogens (tertiary/aromatic N) is 2. The van der Waals surface area contributed by atoms with Crippen molar-refractivity contribution < 1.29 is 19.4 Å².